The predicted octanol–water partition coefficient (Wildman–Crippen LogP) is 4.62. The molecule has 1 aliphatic rings. The molecule has 9 heteroatoms. The summed E-state index contributed by atoms with van der Waals surface area (Å²) in [7, 11) is 0. The molecule has 0 N–H and O–H groups in total. The van der Waals surface area contributed by atoms with Crippen LogP contribution in [-0.4, -0.2) is 52.7 Å². The van der Waals surface area contributed by atoms with E-state index in [4.69, 9.17) is 13.8 Å². The number of carbonyl (C=O) groups excluding carboxylic acids is 1. The van der Waals surface area contributed by atoms with Gasteiger partial charge in [0.2, 0.25) is 17.5 Å². The van der Waals surface area contributed by atoms with Gasteiger partial charge in [0.15, 0.2) is 11.7 Å². The van der Waals surface area contributed by atoms with Crippen molar-refractivity contribution < 1.29 is 13.6 Å². The van der Waals surface area contributed by atoms with Crippen LogP contribution in [0.5, 0.6) is 0 Å². The average molecular weight is 486 g/mol. The number of anilines is 1. The molecule has 0 spiro atoms. The lowest BCUT2D eigenvalue weighted by Crippen LogP contribution is -2.49. The lowest BCUT2D eigenvalue weighted by Gasteiger charge is -2.34. The number of hydrogen-bond donors (Lipinski definition) is 0. The van der Waals surface area contributed by atoms with Crippen molar-refractivity contribution in [1.82, 2.24) is 14.9 Å². The van der Waals surface area contributed by atoms with Gasteiger partial charge in [-0.25, -0.2) is 9.97 Å². The van der Waals surface area contributed by atoms with E-state index >= 15 is 0 Å². The third-order valence-electron chi connectivity index (χ3n) is 5.75. The molecule has 2 aromatic carbocycles. The minimum Gasteiger partial charge on any atom is -0.431 e. The fraction of sp³-hybridized carbons (Fsp3) is 0.231. The number of nitrogens with zero attached hydrogens (tertiary/aromatic N) is 5. The van der Waals surface area contributed by atoms with Gasteiger partial charge in [-0.15, -0.1) is 0 Å². The monoisotopic (exact) mass is 485 g/mol. The Bertz CT molecular complexity index is 1300. The number of thioether (sulfide) groups is 1. The molecular weight excluding hydrogens is 462 g/mol. The van der Waals surface area contributed by atoms with E-state index in [9.17, 15) is 10.1 Å². The van der Waals surface area contributed by atoms with E-state index in [1.54, 1.807) is 6.92 Å². The first-order chi connectivity index (χ1) is 17.1. The smallest absolute Gasteiger partial charge is 0.257 e. The van der Waals surface area contributed by atoms with Crippen LogP contribution in [0, 0.1) is 18.3 Å². The Balaban J connectivity index is 1.25. The van der Waals surface area contributed by atoms with Crippen LogP contribution in [0.15, 0.2) is 74.7 Å². The zero-order valence-corrected chi connectivity index (χ0v) is 20.0. The third-order valence-corrected chi connectivity index (χ3v) is 6.56. The normalized spacial score (nSPS) is 13.6. The Hall–Kier alpha value is -4.03. The van der Waals surface area contributed by atoms with E-state index in [0.717, 1.165) is 16.8 Å². The third kappa shape index (κ3) is 4.93. The van der Waals surface area contributed by atoms with Crippen LogP contribution in [0.25, 0.3) is 22.6 Å². The first-order valence-corrected chi connectivity index (χ1v) is 12.3. The standard InChI is InChI=1S/C26H23N5O3S/c1-18-28-21(16-27)25(33-18)31-14-12-30(13-15-31)22(32)17-35-26-29-23(19-8-4-2-5-9-19)24(34-26)20-10-6-3-7-11-20/h2-11H,12-15,17H2,1H3. The Morgan fingerprint density at radius 1 is 0.971 bits per heavy atom. The Kier molecular flexibility index (Phi) is 6.55. The van der Waals surface area contributed by atoms with Crippen molar-refractivity contribution in [2.45, 2.75) is 12.1 Å². The number of oxazole rings is 2. The van der Waals surface area contributed by atoms with Crippen molar-refractivity contribution in [3.63, 3.8) is 0 Å². The molecule has 0 saturated carbocycles. The van der Waals surface area contributed by atoms with E-state index in [2.05, 4.69) is 11.1 Å². The summed E-state index contributed by atoms with van der Waals surface area (Å²) in [6.07, 6.45) is 0. The van der Waals surface area contributed by atoms with Crippen LogP contribution in [0.4, 0.5) is 5.88 Å². The van der Waals surface area contributed by atoms with E-state index in [0.29, 0.717) is 48.9 Å². The molecule has 0 unspecified atom stereocenters. The van der Waals surface area contributed by atoms with E-state index in [1.807, 2.05) is 70.5 Å². The fourth-order valence-electron chi connectivity index (χ4n) is 4.02. The lowest BCUT2D eigenvalue weighted by molar-refractivity contribution is -0.128. The van der Waals surface area contributed by atoms with Crippen LogP contribution >= 0.6 is 11.8 Å². The molecule has 5 rings (SSSR count). The quantitative estimate of drug-likeness (QED) is 0.365. The van der Waals surface area contributed by atoms with Gasteiger partial charge in [-0.05, 0) is 0 Å². The highest BCUT2D eigenvalue weighted by Crippen LogP contribution is 2.35. The van der Waals surface area contributed by atoms with Crippen molar-refractivity contribution in [2.75, 3.05) is 36.8 Å². The first-order valence-electron chi connectivity index (χ1n) is 11.3. The molecule has 0 radical (unpaired) electrons. The minimum absolute atomic E-state index is 0.0182. The largest absolute Gasteiger partial charge is 0.431 e. The maximum Gasteiger partial charge on any atom is 0.257 e. The van der Waals surface area contributed by atoms with Gasteiger partial charge in [-0.3, -0.25) is 4.79 Å². The second-order valence-electron chi connectivity index (χ2n) is 8.04. The van der Waals surface area contributed by atoms with Crippen molar-refractivity contribution in [3.05, 3.63) is 72.2 Å². The molecule has 1 aliphatic heterocycles. The molecule has 4 aromatic rings. The highest BCUT2D eigenvalue weighted by molar-refractivity contribution is 7.99. The summed E-state index contributed by atoms with van der Waals surface area (Å²) in [4.78, 5) is 25.5. The van der Waals surface area contributed by atoms with Crippen LogP contribution in [0.2, 0.25) is 0 Å². The van der Waals surface area contributed by atoms with Gasteiger partial charge >= 0.3 is 0 Å². The van der Waals surface area contributed by atoms with Gasteiger partial charge in [-0.2, -0.15) is 5.26 Å². The molecule has 0 atom stereocenters. The molecule has 176 valence electrons. The number of nitriles is 1. The summed E-state index contributed by atoms with van der Waals surface area (Å²) in [6.45, 7) is 3.96. The van der Waals surface area contributed by atoms with Crippen molar-refractivity contribution in [2.24, 2.45) is 0 Å². The molecule has 1 amide bonds. The number of rotatable bonds is 6. The number of amides is 1. The summed E-state index contributed by atoms with van der Waals surface area (Å²) in [5, 5.41) is 9.73. The van der Waals surface area contributed by atoms with E-state index < -0.39 is 0 Å². The number of carbonyl (C=O) groups is 1. The zero-order chi connectivity index (χ0) is 24.2. The molecule has 0 bridgehead atoms. The topological polar surface area (TPSA) is 99.4 Å². The number of aromatic nitrogens is 2. The summed E-state index contributed by atoms with van der Waals surface area (Å²) >= 11 is 1.30. The summed E-state index contributed by atoms with van der Waals surface area (Å²) in [6, 6.07) is 21.8. The first kappa shape index (κ1) is 22.7. The number of hydrogen-bond acceptors (Lipinski definition) is 8. The van der Waals surface area contributed by atoms with Crippen LogP contribution in [-0.2, 0) is 4.79 Å². The van der Waals surface area contributed by atoms with Crippen LogP contribution < -0.4 is 4.90 Å². The average Bonchev–Trinajstić information content (AvgIpc) is 3.52. The molecule has 3 heterocycles. The number of benzene rings is 2. The van der Waals surface area contributed by atoms with Gasteiger partial charge in [-0.1, -0.05) is 72.4 Å². The van der Waals surface area contributed by atoms with Crippen molar-refractivity contribution in [3.8, 4) is 28.7 Å². The van der Waals surface area contributed by atoms with Crippen LogP contribution in [0.1, 0.15) is 11.6 Å². The maximum atomic E-state index is 12.9. The number of piperazine rings is 1. The summed E-state index contributed by atoms with van der Waals surface area (Å²) in [5.74, 6) is 1.88. The molecule has 1 saturated heterocycles. The molecular formula is C26H23N5O3S. The van der Waals surface area contributed by atoms with Gasteiger partial charge in [0.25, 0.3) is 5.22 Å². The summed E-state index contributed by atoms with van der Waals surface area (Å²) in [5.41, 5.74) is 2.94. The highest BCUT2D eigenvalue weighted by atomic mass is 32.2. The van der Waals surface area contributed by atoms with Crippen LogP contribution in [0.3, 0.4) is 0 Å². The lowest BCUT2D eigenvalue weighted by atomic mass is 10.1. The Morgan fingerprint density at radius 3 is 2.29 bits per heavy atom. The highest BCUT2D eigenvalue weighted by Gasteiger charge is 2.26. The zero-order valence-electron chi connectivity index (χ0n) is 19.2. The Labute approximate surface area is 207 Å². The van der Waals surface area contributed by atoms with Crippen molar-refractivity contribution in [1.29, 1.82) is 5.26 Å². The van der Waals surface area contributed by atoms with E-state index in [1.165, 1.54) is 11.8 Å². The minimum atomic E-state index is 0.0182. The van der Waals surface area contributed by atoms with E-state index in [-0.39, 0.29) is 17.4 Å². The molecule has 0 aliphatic carbocycles. The maximum absolute atomic E-state index is 12.9. The predicted molar refractivity (Wildman–Crippen MR) is 133 cm³/mol. The summed E-state index contributed by atoms with van der Waals surface area (Å²) < 4.78 is 11.7. The molecule has 2 aromatic heterocycles. The Morgan fingerprint density at radius 2 is 1.63 bits per heavy atom. The molecule has 1 fully saturated rings. The number of aryl methyl sites for hydroxylation is 1. The molecule has 8 nitrogen and oxygen atoms in total. The van der Waals surface area contributed by atoms with Gasteiger partial charge in [0.05, 0.1) is 5.75 Å². The second-order valence-corrected chi connectivity index (χ2v) is 8.97. The van der Waals surface area contributed by atoms with Gasteiger partial charge < -0.3 is 18.6 Å². The van der Waals surface area contributed by atoms with Gasteiger partial charge in [0, 0.05) is 44.2 Å². The second kappa shape index (κ2) is 10.1. The van der Waals surface area contributed by atoms with Crippen molar-refractivity contribution >= 4 is 23.6 Å². The molecule has 35 heavy (non-hydrogen) atoms. The fourth-order valence-corrected chi connectivity index (χ4v) is 4.74. The van der Waals surface area contributed by atoms with Gasteiger partial charge in [0.1, 0.15) is 11.8 Å². The SMILES string of the molecule is Cc1nc(C#N)c(N2CCN(C(=O)CSc3nc(-c4ccccc4)c(-c4ccccc4)o3)CC2)o1.